The van der Waals surface area contributed by atoms with Gasteiger partial charge < -0.3 is 26.0 Å². The van der Waals surface area contributed by atoms with Crippen LogP contribution in [0.1, 0.15) is 28.0 Å². The number of hydrogen-bond donors (Lipinski definition) is 4. The number of thiazole rings is 1. The number of aliphatic hydroxyl groups excluding tert-OH is 2. The lowest BCUT2D eigenvalue weighted by molar-refractivity contribution is 0.0205. The summed E-state index contributed by atoms with van der Waals surface area (Å²) in [6, 6.07) is 16.2. The number of rotatable bonds is 6. The van der Waals surface area contributed by atoms with Crippen LogP contribution in [0.15, 0.2) is 54.7 Å². The van der Waals surface area contributed by atoms with Crippen molar-refractivity contribution in [3.8, 4) is 11.1 Å². The van der Waals surface area contributed by atoms with Gasteiger partial charge in [-0.1, -0.05) is 59.9 Å². The van der Waals surface area contributed by atoms with Crippen molar-refractivity contribution >= 4 is 22.6 Å². The molecule has 2 aromatic carbocycles. The van der Waals surface area contributed by atoms with Gasteiger partial charge in [0.2, 0.25) is 0 Å². The molecule has 7 nitrogen and oxygen atoms in total. The number of nitrogens with zero attached hydrogens (tertiary/aromatic N) is 1. The molecule has 0 saturated heterocycles. The molecule has 3 aromatic rings. The second-order valence-corrected chi connectivity index (χ2v) is 7.91. The summed E-state index contributed by atoms with van der Waals surface area (Å²) >= 11 is 1.09. The van der Waals surface area contributed by atoms with Gasteiger partial charge in [0.15, 0.2) is 5.13 Å². The third-order valence-electron chi connectivity index (χ3n) is 5.00. The molecule has 0 saturated carbocycles. The molecule has 0 spiro atoms. The van der Waals surface area contributed by atoms with Gasteiger partial charge in [-0.2, -0.15) is 0 Å². The minimum Gasteiger partial charge on any atom is -0.449 e. The fourth-order valence-electron chi connectivity index (χ4n) is 3.58. The van der Waals surface area contributed by atoms with Gasteiger partial charge in [-0.25, -0.2) is 9.78 Å². The minimum absolute atomic E-state index is 0.0381. The number of aliphatic hydroxyl groups is 2. The fourth-order valence-corrected chi connectivity index (χ4v) is 4.31. The molecule has 1 amide bonds. The van der Waals surface area contributed by atoms with E-state index < -0.39 is 18.3 Å². The number of nitrogen functional groups attached to an aromatic ring is 1. The van der Waals surface area contributed by atoms with Crippen LogP contribution >= 0.6 is 11.3 Å². The van der Waals surface area contributed by atoms with Crippen LogP contribution in [0.3, 0.4) is 0 Å². The number of carbonyl (C=O) groups excluding carboxylic acids is 1. The van der Waals surface area contributed by atoms with Gasteiger partial charge in [-0.15, -0.1) is 0 Å². The minimum atomic E-state index is -1.20. The molecular weight excluding hydrogens is 390 g/mol. The zero-order valence-corrected chi connectivity index (χ0v) is 16.3. The number of benzene rings is 2. The molecule has 2 atom stereocenters. The number of anilines is 1. The maximum absolute atomic E-state index is 12.1. The number of alkyl carbamates (subject to hydrolysis) is 1. The molecule has 1 aliphatic carbocycles. The average molecular weight is 411 g/mol. The van der Waals surface area contributed by atoms with Crippen molar-refractivity contribution in [2.45, 2.75) is 18.1 Å². The SMILES string of the molecule is Nc1ncc(C(O)C(O)CNC(=O)OCC2c3ccccc3-c3ccccc32)s1. The van der Waals surface area contributed by atoms with Crippen LogP contribution in [0.2, 0.25) is 0 Å². The summed E-state index contributed by atoms with van der Waals surface area (Å²) in [5, 5.41) is 23.0. The molecule has 4 rings (SSSR count). The van der Waals surface area contributed by atoms with E-state index in [1.165, 1.54) is 6.20 Å². The van der Waals surface area contributed by atoms with Gasteiger partial charge >= 0.3 is 6.09 Å². The first kappa shape index (κ1) is 19.4. The van der Waals surface area contributed by atoms with Crippen molar-refractivity contribution in [1.29, 1.82) is 0 Å². The zero-order chi connectivity index (χ0) is 20.4. The van der Waals surface area contributed by atoms with Crippen LogP contribution in [-0.2, 0) is 4.74 Å². The molecule has 8 heteroatoms. The van der Waals surface area contributed by atoms with Crippen molar-refractivity contribution in [2.75, 3.05) is 18.9 Å². The van der Waals surface area contributed by atoms with Gasteiger partial charge in [0.1, 0.15) is 18.8 Å². The van der Waals surface area contributed by atoms with Crippen molar-refractivity contribution in [3.05, 3.63) is 70.7 Å². The first-order valence-corrected chi connectivity index (χ1v) is 10.0. The van der Waals surface area contributed by atoms with Crippen molar-refractivity contribution in [1.82, 2.24) is 10.3 Å². The van der Waals surface area contributed by atoms with Crippen LogP contribution in [0, 0.1) is 0 Å². The van der Waals surface area contributed by atoms with Crippen LogP contribution < -0.4 is 11.1 Å². The maximum atomic E-state index is 12.1. The molecular formula is C21H21N3O4S. The van der Waals surface area contributed by atoms with E-state index in [2.05, 4.69) is 22.4 Å². The third kappa shape index (κ3) is 3.95. The topological polar surface area (TPSA) is 118 Å². The number of ether oxygens (including phenoxy) is 1. The summed E-state index contributed by atoms with van der Waals surface area (Å²) in [4.78, 5) is 16.4. The third-order valence-corrected chi connectivity index (χ3v) is 5.89. The lowest BCUT2D eigenvalue weighted by Crippen LogP contribution is -2.36. The largest absolute Gasteiger partial charge is 0.449 e. The summed E-state index contributed by atoms with van der Waals surface area (Å²) < 4.78 is 5.41. The lowest BCUT2D eigenvalue weighted by Gasteiger charge is -2.18. The lowest BCUT2D eigenvalue weighted by atomic mass is 9.98. The second kappa shape index (κ2) is 8.20. The Bertz CT molecular complexity index is 977. The molecule has 1 aliphatic rings. The Kier molecular flexibility index (Phi) is 5.48. The highest BCUT2D eigenvalue weighted by Gasteiger charge is 2.29. The van der Waals surface area contributed by atoms with Crippen LogP contribution in [0.5, 0.6) is 0 Å². The molecule has 150 valence electrons. The van der Waals surface area contributed by atoms with Gasteiger partial charge in [0.05, 0.1) is 4.88 Å². The van der Waals surface area contributed by atoms with Gasteiger partial charge in [-0.05, 0) is 22.3 Å². The summed E-state index contributed by atoms with van der Waals surface area (Å²) in [5.41, 5.74) is 10.1. The van der Waals surface area contributed by atoms with E-state index >= 15 is 0 Å². The number of aromatic nitrogens is 1. The highest BCUT2D eigenvalue weighted by molar-refractivity contribution is 7.15. The monoisotopic (exact) mass is 411 g/mol. The number of fused-ring (bicyclic) bond motifs is 3. The van der Waals surface area contributed by atoms with E-state index in [0.29, 0.717) is 10.0 Å². The second-order valence-electron chi connectivity index (χ2n) is 6.82. The Morgan fingerprint density at radius 2 is 1.76 bits per heavy atom. The molecule has 0 fully saturated rings. The van der Waals surface area contributed by atoms with E-state index in [4.69, 9.17) is 10.5 Å². The molecule has 0 bridgehead atoms. The highest BCUT2D eigenvalue weighted by Crippen LogP contribution is 2.44. The number of hydrogen-bond acceptors (Lipinski definition) is 7. The summed E-state index contributed by atoms with van der Waals surface area (Å²) in [6.07, 6.45) is -1.63. The maximum Gasteiger partial charge on any atom is 0.407 e. The first-order chi connectivity index (χ1) is 14.0. The van der Waals surface area contributed by atoms with Gasteiger partial charge in [-0.3, -0.25) is 0 Å². The predicted octanol–water partition coefficient (Wildman–Crippen LogP) is 2.66. The van der Waals surface area contributed by atoms with Crippen molar-refractivity contribution in [2.24, 2.45) is 0 Å². The zero-order valence-electron chi connectivity index (χ0n) is 15.5. The number of nitrogens with one attached hydrogen (secondary N) is 1. The van der Waals surface area contributed by atoms with E-state index in [9.17, 15) is 15.0 Å². The standard InChI is InChI=1S/C21H21N3O4S/c22-20-23-10-18(29-20)19(26)17(25)9-24-21(27)28-11-16-14-7-3-1-5-12(14)13-6-2-4-8-15(13)16/h1-8,10,16-17,19,25-26H,9,11H2,(H2,22,23)(H,24,27). The van der Waals surface area contributed by atoms with Crippen molar-refractivity contribution in [3.63, 3.8) is 0 Å². The molecule has 1 heterocycles. The van der Waals surface area contributed by atoms with E-state index in [1.54, 1.807) is 0 Å². The normalized spacial score (nSPS) is 14.7. The average Bonchev–Trinajstić information content (AvgIpc) is 3.31. The number of amides is 1. The quantitative estimate of drug-likeness (QED) is 0.495. The Morgan fingerprint density at radius 3 is 2.34 bits per heavy atom. The van der Waals surface area contributed by atoms with Crippen molar-refractivity contribution < 1.29 is 19.7 Å². The van der Waals surface area contributed by atoms with Crippen LogP contribution in [0.4, 0.5) is 9.93 Å². The molecule has 5 N–H and O–H groups in total. The Labute approximate surface area is 171 Å². The Morgan fingerprint density at radius 1 is 1.14 bits per heavy atom. The van der Waals surface area contributed by atoms with Gasteiger partial charge in [0, 0.05) is 18.7 Å². The molecule has 2 unspecified atom stereocenters. The highest BCUT2D eigenvalue weighted by atomic mass is 32.1. The number of nitrogens with two attached hydrogens (primary N) is 1. The fraction of sp³-hybridized carbons (Fsp3) is 0.238. The summed E-state index contributed by atoms with van der Waals surface area (Å²) in [5.74, 6) is -0.0381. The number of carbonyl (C=O) groups is 1. The summed E-state index contributed by atoms with van der Waals surface area (Å²) in [6.45, 7) is 0.0273. The van der Waals surface area contributed by atoms with E-state index in [0.717, 1.165) is 33.6 Å². The smallest absolute Gasteiger partial charge is 0.407 e. The molecule has 0 radical (unpaired) electrons. The Hall–Kier alpha value is -2.94. The predicted molar refractivity (Wildman–Crippen MR) is 111 cm³/mol. The molecule has 1 aromatic heterocycles. The van der Waals surface area contributed by atoms with Crippen LogP contribution in [-0.4, -0.2) is 40.5 Å². The van der Waals surface area contributed by atoms with E-state index in [-0.39, 0.29) is 19.1 Å². The molecule has 0 aliphatic heterocycles. The Balaban J connectivity index is 1.34. The van der Waals surface area contributed by atoms with Gasteiger partial charge in [0.25, 0.3) is 0 Å². The van der Waals surface area contributed by atoms with E-state index in [1.807, 2.05) is 36.4 Å². The summed E-state index contributed by atoms with van der Waals surface area (Å²) in [7, 11) is 0. The molecule has 29 heavy (non-hydrogen) atoms. The first-order valence-electron chi connectivity index (χ1n) is 9.20. The van der Waals surface area contributed by atoms with Crippen LogP contribution in [0.25, 0.3) is 11.1 Å².